The van der Waals surface area contributed by atoms with Crippen LogP contribution in [0.15, 0.2) is 60.7 Å². The van der Waals surface area contributed by atoms with Gasteiger partial charge in [-0.15, -0.1) is 0 Å². The molecule has 0 aliphatic carbocycles. The standard InChI is InChI=1S/C25H28N2O4S/c1-4-32(29,30)27-17-22-8-6-5-7-19(22)15-24(27)25(28)26(2)16-18-9-10-21-14-23(31-3)12-11-20(21)13-18/h5-14,24H,4,15-17H2,1-3H3. The van der Waals surface area contributed by atoms with Crippen LogP contribution in [0.5, 0.6) is 5.75 Å². The highest BCUT2D eigenvalue weighted by Crippen LogP contribution is 2.28. The molecule has 1 heterocycles. The van der Waals surface area contributed by atoms with Crippen molar-refractivity contribution in [3.05, 3.63) is 77.4 Å². The lowest BCUT2D eigenvalue weighted by Crippen LogP contribution is -2.53. The van der Waals surface area contributed by atoms with Gasteiger partial charge >= 0.3 is 0 Å². The Hall–Kier alpha value is -2.90. The van der Waals surface area contributed by atoms with Crippen molar-refractivity contribution in [2.45, 2.75) is 32.5 Å². The van der Waals surface area contributed by atoms with Crippen LogP contribution >= 0.6 is 0 Å². The van der Waals surface area contributed by atoms with Gasteiger partial charge in [-0.1, -0.05) is 42.5 Å². The molecule has 0 radical (unpaired) electrons. The molecule has 1 aliphatic rings. The van der Waals surface area contributed by atoms with E-state index in [0.29, 0.717) is 13.0 Å². The molecule has 1 amide bonds. The van der Waals surface area contributed by atoms with Crippen molar-refractivity contribution in [2.75, 3.05) is 19.9 Å². The zero-order valence-electron chi connectivity index (χ0n) is 18.6. The van der Waals surface area contributed by atoms with Gasteiger partial charge in [0, 0.05) is 20.1 Å². The van der Waals surface area contributed by atoms with Crippen LogP contribution in [-0.2, 0) is 34.3 Å². The lowest BCUT2D eigenvalue weighted by atomic mass is 9.95. The molecule has 0 N–H and O–H groups in total. The number of benzene rings is 3. The van der Waals surface area contributed by atoms with Crippen molar-refractivity contribution in [1.82, 2.24) is 9.21 Å². The number of likely N-dealkylation sites (N-methyl/N-ethyl adjacent to an activating group) is 1. The maximum Gasteiger partial charge on any atom is 0.241 e. The quantitative estimate of drug-likeness (QED) is 0.573. The second-order valence-corrected chi connectivity index (χ2v) is 10.4. The Morgan fingerprint density at radius 3 is 2.47 bits per heavy atom. The summed E-state index contributed by atoms with van der Waals surface area (Å²) >= 11 is 0. The highest BCUT2D eigenvalue weighted by atomic mass is 32.2. The molecule has 1 aliphatic heterocycles. The topological polar surface area (TPSA) is 66.9 Å². The minimum Gasteiger partial charge on any atom is -0.497 e. The highest BCUT2D eigenvalue weighted by Gasteiger charge is 2.39. The molecule has 3 aromatic rings. The first-order valence-electron chi connectivity index (χ1n) is 10.7. The van der Waals surface area contributed by atoms with E-state index in [-0.39, 0.29) is 18.2 Å². The highest BCUT2D eigenvalue weighted by molar-refractivity contribution is 7.89. The number of rotatable bonds is 6. The molecule has 3 aromatic carbocycles. The van der Waals surface area contributed by atoms with Gasteiger partial charge in [-0.2, -0.15) is 4.31 Å². The first-order chi connectivity index (χ1) is 15.3. The fourth-order valence-electron chi connectivity index (χ4n) is 4.27. The number of carbonyl (C=O) groups excluding carboxylic acids is 1. The van der Waals surface area contributed by atoms with Crippen LogP contribution in [0.4, 0.5) is 0 Å². The van der Waals surface area contributed by atoms with Gasteiger partial charge in [-0.25, -0.2) is 8.42 Å². The van der Waals surface area contributed by atoms with Crippen molar-refractivity contribution >= 4 is 26.7 Å². The Kier molecular flexibility index (Phi) is 6.22. The summed E-state index contributed by atoms with van der Waals surface area (Å²) in [6.45, 7) is 2.25. The summed E-state index contributed by atoms with van der Waals surface area (Å²) in [7, 11) is -0.151. The minimum absolute atomic E-state index is 0.0310. The number of hydrogen-bond acceptors (Lipinski definition) is 4. The van der Waals surface area contributed by atoms with Crippen molar-refractivity contribution < 1.29 is 17.9 Å². The molecule has 1 atom stereocenters. The number of hydrogen-bond donors (Lipinski definition) is 0. The summed E-state index contributed by atoms with van der Waals surface area (Å²) in [5.41, 5.74) is 2.97. The van der Waals surface area contributed by atoms with Crippen LogP contribution in [0.1, 0.15) is 23.6 Å². The van der Waals surface area contributed by atoms with E-state index in [2.05, 4.69) is 6.07 Å². The summed E-state index contributed by atoms with van der Waals surface area (Å²) in [5, 5.41) is 2.12. The summed E-state index contributed by atoms with van der Waals surface area (Å²) in [4.78, 5) is 15.1. The average Bonchev–Trinajstić information content (AvgIpc) is 2.82. The zero-order valence-corrected chi connectivity index (χ0v) is 19.4. The van der Waals surface area contributed by atoms with Crippen molar-refractivity contribution in [3.8, 4) is 5.75 Å². The molecule has 4 rings (SSSR count). The Morgan fingerprint density at radius 2 is 1.75 bits per heavy atom. The largest absolute Gasteiger partial charge is 0.497 e. The number of sulfonamides is 1. The first kappa shape index (κ1) is 22.3. The van der Waals surface area contributed by atoms with E-state index in [1.165, 1.54) is 4.31 Å². The van der Waals surface area contributed by atoms with Gasteiger partial charge in [0.2, 0.25) is 15.9 Å². The van der Waals surface area contributed by atoms with E-state index in [4.69, 9.17) is 4.74 Å². The van der Waals surface area contributed by atoms with Gasteiger partial charge in [-0.05, 0) is 59.0 Å². The molecule has 1 unspecified atom stereocenters. The number of amides is 1. The zero-order chi connectivity index (χ0) is 22.9. The molecule has 0 saturated carbocycles. The SMILES string of the molecule is CCS(=O)(=O)N1Cc2ccccc2CC1C(=O)N(C)Cc1ccc2cc(OC)ccc2c1. The molecule has 0 saturated heterocycles. The number of nitrogens with zero attached hydrogens (tertiary/aromatic N) is 2. The first-order valence-corrected chi connectivity index (χ1v) is 12.3. The summed E-state index contributed by atoms with van der Waals surface area (Å²) < 4.78 is 32.3. The van der Waals surface area contributed by atoms with Gasteiger partial charge in [0.1, 0.15) is 11.8 Å². The summed E-state index contributed by atoms with van der Waals surface area (Å²) in [6, 6.07) is 18.9. The van der Waals surface area contributed by atoms with E-state index in [0.717, 1.165) is 33.2 Å². The van der Waals surface area contributed by atoms with Gasteiger partial charge < -0.3 is 9.64 Å². The minimum atomic E-state index is -3.53. The van der Waals surface area contributed by atoms with E-state index in [9.17, 15) is 13.2 Å². The van der Waals surface area contributed by atoms with Gasteiger partial charge in [0.25, 0.3) is 0 Å². The summed E-state index contributed by atoms with van der Waals surface area (Å²) in [6.07, 6.45) is 0.385. The monoisotopic (exact) mass is 452 g/mol. The average molecular weight is 453 g/mol. The molecule has 32 heavy (non-hydrogen) atoms. The third-order valence-corrected chi connectivity index (χ3v) is 7.95. The molecular formula is C25H28N2O4S. The number of carbonyl (C=O) groups is 1. The molecule has 0 spiro atoms. The lowest BCUT2D eigenvalue weighted by Gasteiger charge is -2.36. The van der Waals surface area contributed by atoms with Crippen molar-refractivity contribution in [1.29, 1.82) is 0 Å². The lowest BCUT2D eigenvalue weighted by molar-refractivity contribution is -0.135. The van der Waals surface area contributed by atoms with Crippen LogP contribution < -0.4 is 4.74 Å². The fraction of sp³-hybridized carbons (Fsp3) is 0.320. The molecule has 7 heteroatoms. The van der Waals surface area contributed by atoms with Gasteiger partial charge in [0.05, 0.1) is 12.9 Å². The molecule has 0 aromatic heterocycles. The Morgan fingerprint density at radius 1 is 1.06 bits per heavy atom. The maximum absolute atomic E-state index is 13.4. The molecular weight excluding hydrogens is 424 g/mol. The van der Waals surface area contributed by atoms with Crippen LogP contribution in [-0.4, -0.2) is 49.5 Å². The Labute approximate surface area is 189 Å². The van der Waals surface area contributed by atoms with E-state index in [1.807, 2.05) is 54.6 Å². The maximum atomic E-state index is 13.4. The van der Waals surface area contributed by atoms with Crippen LogP contribution in [0.3, 0.4) is 0 Å². The van der Waals surface area contributed by atoms with Crippen molar-refractivity contribution in [2.24, 2.45) is 0 Å². The van der Waals surface area contributed by atoms with Crippen LogP contribution in [0, 0.1) is 0 Å². The molecule has 168 valence electrons. The number of fused-ring (bicyclic) bond motifs is 2. The molecule has 6 nitrogen and oxygen atoms in total. The second-order valence-electron chi connectivity index (χ2n) is 8.18. The van der Waals surface area contributed by atoms with Crippen molar-refractivity contribution in [3.63, 3.8) is 0 Å². The normalized spacial score (nSPS) is 16.5. The van der Waals surface area contributed by atoms with Gasteiger partial charge in [-0.3, -0.25) is 4.79 Å². The van der Waals surface area contributed by atoms with E-state index >= 15 is 0 Å². The number of ether oxygens (including phenoxy) is 1. The predicted octanol–water partition coefficient (Wildman–Crippen LogP) is 3.58. The second kappa shape index (κ2) is 8.92. The third kappa shape index (κ3) is 4.36. The van der Waals surface area contributed by atoms with E-state index in [1.54, 1.807) is 26.0 Å². The van der Waals surface area contributed by atoms with Crippen LogP contribution in [0.2, 0.25) is 0 Å². The Bertz CT molecular complexity index is 1260. The fourth-order valence-corrected chi connectivity index (χ4v) is 5.49. The summed E-state index contributed by atoms with van der Waals surface area (Å²) in [5.74, 6) is 0.579. The Balaban J connectivity index is 1.58. The van der Waals surface area contributed by atoms with E-state index < -0.39 is 16.1 Å². The molecule has 0 bridgehead atoms. The smallest absolute Gasteiger partial charge is 0.241 e. The predicted molar refractivity (Wildman–Crippen MR) is 126 cm³/mol. The van der Waals surface area contributed by atoms with Crippen LogP contribution in [0.25, 0.3) is 10.8 Å². The molecule has 0 fully saturated rings. The number of methoxy groups -OCH3 is 1. The third-order valence-electron chi connectivity index (χ3n) is 6.12. The van der Waals surface area contributed by atoms with Gasteiger partial charge in [0.15, 0.2) is 0 Å².